The summed E-state index contributed by atoms with van der Waals surface area (Å²) in [7, 11) is 2.14. The number of piperidine rings is 1. The molecule has 1 spiro atoms. The van der Waals surface area contributed by atoms with Gasteiger partial charge in [0.05, 0.1) is 0 Å². The van der Waals surface area contributed by atoms with Crippen molar-refractivity contribution in [3.63, 3.8) is 0 Å². The Hall–Kier alpha value is -1.68. The van der Waals surface area contributed by atoms with E-state index in [0.29, 0.717) is 0 Å². The van der Waals surface area contributed by atoms with Gasteiger partial charge in [-0.15, -0.1) is 0 Å². The Morgan fingerprint density at radius 3 is 2.18 bits per heavy atom. The second kappa shape index (κ2) is 4.92. The summed E-state index contributed by atoms with van der Waals surface area (Å²) in [6.45, 7) is 1.97. The van der Waals surface area contributed by atoms with Crippen LogP contribution in [0.15, 0.2) is 54.6 Å². The van der Waals surface area contributed by atoms with Gasteiger partial charge in [0.2, 0.25) is 5.79 Å². The third-order valence-corrected chi connectivity index (χ3v) is 5.09. The summed E-state index contributed by atoms with van der Waals surface area (Å²) in [5.41, 5.74) is 2.48. The molecule has 2 aromatic rings. The molecule has 1 N–H and O–H groups in total. The van der Waals surface area contributed by atoms with Crippen LogP contribution < -0.4 is 0 Å². The van der Waals surface area contributed by atoms with Gasteiger partial charge in [-0.3, -0.25) is 0 Å². The SMILES string of the molecule is CN1CCC2(CC1)O[C@](O)(c1ccccc1)c1ccccc12. The molecule has 22 heavy (non-hydrogen) atoms. The minimum Gasteiger partial charge on any atom is -0.358 e. The third-order valence-electron chi connectivity index (χ3n) is 5.09. The van der Waals surface area contributed by atoms with Crippen molar-refractivity contribution in [3.8, 4) is 0 Å². The molecule has 0 aromatic heterocycles. The highest BCUT2D eigenvalue weighted by Crippen LogP contribution is 2.53. The van der Waals surface area contributed by atoms with Gasteiger partial charge in [0.15, 0.2) is 0 Å². The lowest BCUT2D eigenvalue weighted by atomic mass is 9.83. The van der Waals surface area contributed by atoms with E-state index in [-0.39, 0.29) is 5.60 Å². The Balaban J connectivity index is 1.84. The third kappa shape index (κ3) is 1.93. The molecule has 2 aliphatic rings. The van der Waals surface area contributed by atoms with Gasteiger partial charge in [0, 0.05) is 24.2 Å². The van der Waals surface area contributed by atoms with Gasteiger partial charge in [0.25, 0.3) is 0 Å². The maximum atomic E-state index is 11.4. The molecule has 0 radical (unpaired) electrons. The van der Waals surface area contributed by atoms with Crippen LogP contribution in [0, 0.1) is 0 Å². The first-order chi connectivity index (χ1) is 10.6. The zero-order valence-electron chi connectivity index (χ0n) is 12.8. The fourth-order valence-electron chi connectivity index (χ4n) is 3.80. The summed E-state index contributed by atoms with van der Waals surface area (Å²) in [5, 5.41) is 11.4. The standard InChI is InChI=1S/C19H21NO2/c1-20-13-11-18(12-14-20)16-9-5-6-10-17(16)19(21,22-18)15-7-3-2-4-8-15/h2-10,21H,11-14H2,1H3/t19-/m1/s1. The molecule has 0 unspecified atom stereocenters. The highest BCUT2D eigenvalue weighted by Gasteiger charge is 2.54. The Bertz CT molecular complexity index is 677. The Kier molecular flexibility index (Phi) is 3.12. The molecule has 0 aliphatic carbocycles. The van der Waals surface area contributed by atoms with E-state index in [9.17, 15) is 5.11 Å². The Morgan fingerprint density at radius 2 is 1.50 bits per heavy atom. The van der Waals surface area contributed by atoms with Gasteiger partial charge in [-0.05, 0) is 25.5 Å². The van der Waals surface area contributed by atoms with Gasteiger partial charge in [-0.1, -0.05) is 54.6 Å². The second-order valence-electron chi connectivity index (χ2n) is 6.46. The lowest BCUT2D eigenvalue weighted by molar-refractivity contribution is -0.244. The molecule has 2 aromatic carbocycles. The van der Waals surface area contributed by atoms with Gasteiger partial charge < -0.3 is 14.7 Å². The van der Waals surface area contributed by atoms with Crippen LogP contribution in [-0.2, 0) is 16.1 Å². The molecular weight excluding hydrogens is 274 g/mol. The number of aliphatic hydroxyl groups is 1. The molecule has 114 valence electrons. The predicted octanol–water partition coefficient (Wildman–Crippen LogP) is 2.83. The van der Waals surface area contributed by atoms with E-state index in [4.69, 9.17) is 4.74 Å². The van der Waals surface area contributed by atoms with E-state index in [1.54, 1.807) is 0 Å². The number of likely N-dealkylation sites (tertiary alicyclic amines) is 1. The van der Waals surface area contributed by atoms with Crippen molar-refractivity contribution >= 4 is 0 Å². The Morgan fingerprint density at radius 1 is 0.909 bits per heavy atom. The fraction of sp³-hybridized carbons (Fsp3) is 0.368. The predicted molar refractivity (Wildman–Crippen MR) is 85.4 cm³/mol. The normalized spacial score (nSPS) is 27.0. The van der Waals surface area contributed by atoms with Crippen LogP contribution in [0.3, 0.4) is 0 Å². The van der Waals surface area contributed by atoms with E-state index in [2.05, 4.69) is 18.0 Å². The topological polar surface area (TPSA) is 32.7 Å². The second-order valence-corrected chi connectivity index (χ2v) is 6.46. The molecule has 0 amide bonds. The summed E-state index contributed by atoms with van der Waals surface area (Å²) in [6, 6.07) is 17.8. The van der Waals surface area contributed by atoms with E-state index in [0.717, 1.165) is 42.6 Å². The first-order valence-electron chi connectivity index (χ1n) is 7.91. The molecule has 4 rings (SSSR count). The molecule has 2 heterocycles. The smallest absolute Gasteiger partial charge is 0.221 e. The summed E-state index contributed by atoms with van der Waals surface area (Å²) < 4.78 is 6.41. The van der Waals surface area contributed by atoms with E-state index < -0.39 is 5.79 Å². The molecule has 0 bridgehead atoms. The molecule has 3 nitrogen and oxygen atoms in total. The van der Waals surface area contributed by atoms with Gasteiger partial charge in [-0.25, -0.2) is 0 Å². The number of hydrogen-bond acceptors (Lipinski definition) is 3. The van der Waals surface area contributed by atoms with Crippen molar-refractivity contribution in [2.75, 3.05) is 20.1 Å². The number of fused-ring (bicyclic) bond motifs is 2. The zero-order valence-corrected chi connectivity index (χ0v) is 12.8. The molecule has 1 atom stereocenters. The quantitative estimate of drug-likeness (QED) is 0.878. The fourth-order valence-corrected chi connectivity index (χ4v) is 3.80. The number of ether oxygens (including phenoxy) is 1. The monoisotopic (exact) mass is 295 g/mol. The van der Waals surface area contributed by atoms with Crippen LogP contribution >= 0.6 is 0 Å². The van der Waals surface area contributed by atoms with Crippen LogP contribution in [0.25, 0.3) is 0 Å². The number of benzene rings is 2. The van der Waals surface area contributed by atoms with Crippen LogP contribution in [0.5, 0.6) is 0 Å². The first kappa shape index (κ1) is 13.9. The van der Waals surface area contributed by atoms with Crippen LogP contribution in [0.2, 0.25) is 0 Å². The maximum Gasteiger partial charge on any atom is 0.221 e. The lowest BCUT2D eigenvalue weighted by Gasteiger charge is -2.39. The molecule has 3 heteroatoms. The lowest BCUT2D eigenvalue weighted by Crippen LogP contribution is -2.42. The van der Waals surface area contributed by atoms with Crippen molar-refractivity contribution in [1.82, 2.24) is 4.90 Å². The average Bonchev–Trinajstić information content (AvgIpc) is 2.82. The maximum absolute atomic E-state index is 11.4. The van der Waals surface area contributed by atoms with E-state index in [1.165, 1.54) is 0 Å². The van der Waals surface area contributed by atoms with E-state index in [1.807, 2.05) is 48.5 Å². The summed E-state index contributed by atoms with van der Waals surface area (Å²) >= 11 is 0. The first-order valence-corrected chi connectivity index (χ1v) is 7.91. The van der Waals surface area contributed by atoms with Gasteiger partial charge in [0.1, 0.15) is 5.60 Å². The van der Waals surface area contributed by atoms with Crippen LogP contribution in [0.1, 0.15) is 29.5 Å². The minimum absolute atomic E-state index is 0.367. The summed E-state index contributed by atoms with van der Waals surface area (Å²) in [6.07, 6.45) is 1.82. The minimum atomic E-state index is -1.34. The molecule has 1 saturated heterocycles. The molecule has 2 aliphatic heterocycles. The number of nitrogens with zero attached hydrogens (tertiary/aromatic N) is 1. The van der Waals surface area contributed by atoms with Crippen molar-refractivity contribution < 1.29 is 9.84 Å². The van der Waals surface area contributed by atoms with Crippen molar-refractivity contribution in [2.24, 2.45) is 0 Å². The molecule has 0 saturated carbocycles. The average molecular weight is 295 g/mol. The largest absolute Gasteiger partial charge is 0.358 e. The highest BCUT2D eigenvalue weighted by atomic mass is 16.6. The highest BCUT2D eigenvalue weighted by molar-refractivity contribution is 5.46. The van der Waals surface area contributed by atoms with E-state index >= 15 is 0 Å². The van der Waals surface area contributed by atoms with Crippen molar-refractivity contribution in [1.29, 1.82) is 0 Å². The van der Waals surface area contributed by atoms with Crippen molar-refractivity contribution in [2.45, 2.75) is 24.2 Å². The number of rotatable bonds is 1. The molecule has 1 fully saturated rings. The number of hydrogen-bond donors (Lipinski definition) is 1. The van der Waals surface area contributed by atoms with Gasteiger partial charge >= 0.3 is 0 Å². The van der Waals surface area contributed by atoms with Crippen LogP contribution in [0.4, 0.5) is 0 Å². The van der Waals surface area contributed by atoms with Crippen LogP contribution in [-0.4, -0.2) is 30.1 Å². The Labute approximate surface area is 131 Å². The molecular formula is C19H21NO2. The summed E-state index contributed by atoms with van der Waals surface area (Å²) in [4.78, 5) is 2.32. The van der Waals surface area contributed by atoms with Crippen molar-refractivity contribution in [3.05, 3.63) is 71.3 Å². The zero-order chi connectivity index (χ0) is 15.2. The van der Waals surface area contributed by atoms with Gasteiger partial charge in [-0.2, -0.15) is 0 Å². The summed E-state index contributed by atoms with van der Waals surface area (Å²) in [5.74, 6) is -1.34.